The van der Waals surface area contributed by atoms with Gasteiger partial charge in [-0.25, -0.2) is 8.42 Å². The molecule has 0 unspecified atom stereocenters. The molecule has 0 saturated carbocycles. The molecule has 0 fully saturated rings. The van der Waals surface area contributed by atoms with E-state index in [0.717, 1.165) is 12.1 Å². The van der Waals surface area contributed by atoms with Crippen LogP contribution in [0.1, 0.15) is 29.8 Å². The predicted octanol–water partition coefficient (Wildman–Crippen LogP) is 3.89. The van der Waals surface area contributed by atoms with E-state index in [4.69, 9.17) is 9.47 Å². The van der Waals surface area contributed by atoms with Gasteiger partial charge in [0.05, 0.1) is 22.3 Å². The molecule has 2 aromatic carbocycles. The van der Waals surface area contributed by atoms with E-state index in [-0.39, 0.29) is 28.9 Å². The van der Waals surface area contributed by atoms with Crippen molar-refractivity contribution in [2.75, 3.05) is 38.6 Å². The molecule has 1 aliphatic heterocycles. The Bertz CT molecular complexity index is 1350. The van der Waals surface area contributed by atoms with Crippen molar-refractivity contribution in [3.8, 4) is 5.75 Å². The summed E-state index contributed by atoms with van der Waals surface area (Å²) in [6, 6.07) is 16.8. The number of methoxy groups -OCH3 is 1. The van der Waals surface area contributed by atoms with Gasteiger partial charge in [0, 0.05) is 58.3 Å². The molecule has 2 heterocycles. The highest BCUT2D eigenvalue weighted by Crippen LogP contribution is 2.28. The molecule has 0 bridgehead atoms. The van der Waals surface area contributed by atoms with Gasteiger partial charge in [0.2, 0.25) is 0 Å². The highest BCUT2D eigenvalue weighted by molar-refractivity contribution is 7.92. The van der Waals surface area contributed by atoms with Gasteiger partial charge in [0.15, 0.2) is 0 Å². The van der Waals surface area contributed by atoms with Gasteiger partial charge in [-0.05, 0) is 48.7 Å². The summed E-state index contributed by atoms with van der Waals surface area (Å²) in [4.78, 5) is 21.8. The minimum absolute atomic E-state index is 0.0186. The number of carbonyl (C=O) groups is 1. The Morgan fingerprint density at radius 1 is 1.08 bits per heavy atom. The third kappa shape index (κ3) is 7.14. The van der Waals surface area contributed by atoms with Gasteiger partial charge in [-0.3, -0.25) is 19.4 Å². The van der Waals surface area contributed by atoms with Crippen LogP contribution in [-0.4, -0.2) is 75.1 Å². The molecule has 0 spiro atoms. The lowest BCUT2D eigenvalue weighted by atomic mass is 10.0. The summed E-state index contributed by atoms with van der Waals surface area (Å²) in [6.07, 6.45) is 3.43. The summed E-state index contributed by atoms with van der Waals surface area (Å²) in [5.74, 6) is 0.228. The molecule has 208 valence electrons. The summed E-state index contributed by atoms with van der Waals surface area (Å²) >= 11 is 0. The van der Waals surface area contributed by atoms with Crippen LogP contribution in [0, 0.1) is 5.92 Å². The van der Waals surface area contributed by atoms with E-state index in [2.05, 4.69) is 28.5 Å². The van der Waals surface area contributed by atoms with Crippen LogP contribution in [0.2, 0.25) is 0 Å². The van der Waals surface area contributed by atoms with Crippen LogP contribution in [0.3, 0.4) is 0 Å². The number of amides is 1. The van der Waals surface area contributed by atoms with Gasteiger partial charge < -0.3 is 14.4 Å². The van der Waals surface area contributed by atoms with E-state index in [1.807, 2.05) is 18.3 Å². The van der Waals surface area contributed by atoms with Crippen molar-refractivity contribution in [3.05, 3.63) is 84.2 Å². The molecule has 0 radical (unpaired) electrons. The lowest BCUT2D eigenvalue weighted by Crippen LogP contribution is -2.46. The molecule has 1 aliphatic rings. The van der Waals surface area contributed by atoms with Crippen LogP contribution in [0.5, 0.6) is 5.75 Å². The minimum atomic E-state index is -3.81. The summed E-state index contributed by atoms with van der Waals surface area (Å²) in [7, 11) is -0.403. The van der Waals surface area contributed by atoms with E-state index in [9.17, 15) is 13.2 Å². The molecule has 0 saturated heterocycles. The molecule has 1 N–H and O–H groups in total. The fourth-order valence-electron chi connectivity index (χ4n) is 4.67. The molecule has 9 nitrogen and oxygen atoms in total. The number of rotatable bonds is 6. The van der Waals surface area contributed by atoms with Crippen LogP contribution < -0.4 is 9.46 Å². The maximum atomic E-state index is 13.5. The fraction of sp³-hybridized carbons (Fsp3) is 0.379. The number of likely N-dealkylation sites (N-methyl/N-ethyl adjacent to an activating group) is 1. The van der Waals surface area contributed by atoms with Gasteiger partial charge in [-0.15, -0.1) is 0 Å². The molecule has 39 heavy (non-hydrogen) atoms. The number of aromatic nitrogens is 1. The van der Waals surface area contributed by atoms with Crippen LogP contribution in [0.4, 0.5) is 5.69 Å². The first-order chi connectivity index (χ1) is 18.7. The first kappa shape index (κ1) is 28.5. The highest BCUT2D eigenvalue weighted by atomic mass is 32.2. The van der Waals surface area contributed by atoms with E-state index >= 15 is 0 Å². The van der Waals surface area contributed by atoms with Crippen LogP contribution in [-0.2, 0) is 21.3 Å². The number of sulfonamides is 1. The molecular formula is C29H36N4O5S. The second-order valence-electron chi connectivity index (χ2n) is 10.0. The number of anilines is 1. The maximum absolute atomic E-state index is 13.5. The molecule has 3 aromatic rings. The lowest BCUT2D eigenvalue weighted by molar-refractivity contribution is 0.00920. The standard InChI is InChI=1S/C29H36N4O5S/c1-21-17-33(18-23-9-8-14-30-16-23)22(2)20-38-27-15-24(31-39(35,36)25-10-6-5-7-11-25)12-13-26(27)29(34)32(3)19-28(21)37-4/h5-16,21-22,28,31H,17-20H2,1-4H3/t21-,22+,28-/m0/s1. The Morgan fingerprint density at radius 3 is 2.54 bits per heavy atom. The second kappa shape index (κ2) is 12.6. The van der Waals surface area contributed by atoms with Gasteiger partial charge in [0.1, 0.15) is 12.4 Å². The number of pyridine rings is 1. The SMILES string of the molecule is CO[C@H]1CN(C)C(=O)c2ccc(NS(=O)(=O)c3ccccc3)cc2OC[C@@H](C)N(Cc2cccnc2)C[C@@H]1C. The van der Waals surface area contributed by atoms with Crippen molar-refractivity contribution in [3.63, 3.8) is 0 Å². The first-order valence-electron chi connectivity index (χ1n) is 12.9. The Hall–Kier alpha value is -3.47. The molecular weight excluding hydrogens is 516 g/mol. The van der Waals surface area contributed by atoms with E-state index in [1.54, 1.807) is 61.7 Å². The summed E-state index contributed by atoms with van der Waals surface area (Å²) in [5, 5.41) is 0. The van der Waals surface area contributed by atoms with Crippen LogP contribution in [0.25, 0.3) is 0 Å². The largest absolute Gasteiger partial charge is 0.491 e. The smallest absolute Gasteiger partial charge is 0.261 e. The lowest BCUT2D eigenvalue weighted by Gasteiger charge is -2.36. The predicted molar refractivity (Wildman–Crippen MR) is 150 cm³/mol. The molecule has 0 aliphatic carbocycles. The van der Waals surface area contributed by atoms with Gasteiger partial charge in [-0.2, -0.15) is 0 Å². The number of nitrogens with zero attached hydrogens (tertiary/aromatic N) is 3. The van der Waals surface area contributed by atoms with E-state index in [1.165, 1.54) is 12.1 Å². The zero-order valence-electron chi connectivity index (χ0n) is 22.8. The molecule has 4 rings (SSSR count). The third-order valence-electron chi connectivity index (χ3n) is 6.99. The fourth-order valence-corrected chi connectivity index (χ4v) is 5.74. The van der Waals surface area contributed by atoms with Crippen molar-refractivity contribution in [1.82, 2.24) is 14.8 Å². The number of benzene rings is 2. The zero-order chi connectivity index (χ0) is 28.0. The Balaban J connectivity index is 1.66. The van der Waals surface area contributed by atoms with Crippen molar-refractivity contribution in [2.24, 2.45) is 5.92 Å². The Morgan fingerprint density at radius 2 is 1.85 bits per heavy atom. The molecule has 10 heteroatoms. The number of fused-ring (bicyclic) bond motifs is 1. The quantitative estimate of drug-likeness (QED) is 0.495. The van der Waals surface area contributed by atoms with Crippen LogP contribution in [0.15, 0.2) is 78.0 Å². The maximum Gasteiger partial charge on any atom is 0.261 e. The van der Waals surface area contributed by atoms with Gasteiger partial charge in [-0.1, -0.05) is 31.2 Å². The molecule has 3 atom stereocenters. The van der Waals surface area contributed by atoms with Crippen molar-refractivity contribution in [2.45, 2.75) is 37.4 Å². The number of nitrogens with one attached hydrogen (secondary N) is 1. The second-order valence-corrected chi connectivity index (χ2v) is 11.7. The normalized spacial score (nSPS) is 21.3. The van der Waals surface area contributed by atoms with Gasteiger partial charge >= 0.3 is 0 Å². The average Bonchev–Trinajstić information content (AvgIpc) is 2.94. The van der Waals surface area contributed by atoms with E-state index < -0.39 is 10.0 Å². The minimum Gasteiger partial charge on any atom is -0.491 e. The van der Waals surface area contributed by atoms with Crippen molar-refractivity contribution < 1.29 is 22.7 Å². The summed E-state index contributed by atoms with van der Waals surface area (Å²) in [5.41, 5.74) is 1.75. The number of ether oxygens (including phenoxy) is 2. The average molecular weight is 553 g/mol. The number of carbonyl (C=O) groups excluding carboxylic acids is 1. The number of hydrogen-bond donors (Lipinski definition) is 1. The van der Waals surface area contributed by atoms with Gasteiger partial charge in [0.25, 0.3) is 15.9 Å². The Kier molecular flexibility index (Phi) is 9.21. The topological polar surface area (TPSA) is 101 Å². The summed E-state index contributed by atoms with van der Waals surface area (Å²) in [6.45, 7) is 6.30. The molecule has 1 amide bonds. The highest BCUT2D eigenvalue weighted by Gasteiger charge is 2.29. The zero-order valence-corrected chi connectivity index (χ0v) is 23.6. The van der Waals surface area contributed by atoms with Crippen molar-refractivity contribution in [1.29, 1.82) is 0 Å². The summed E-state index contributed by atoms with van der Waals surface area (Å²) < 4.78 is 40.5. The Labute approximate surface area is 230 Å². The van der Waals surface area contributed by atoms with Crippen LogP contribution >= 0.6 is 0 Å². The molecule has 1 aromatic heterocycles. The van der Waals surface area contributed by atoms with Crippen molar-refractivity contribution >= 4 is 21.6 Å². The third-order valence-corrected chi connectivity index (χ3v) is 8.39. The van der Waals surface area contributed by atoms with E-state index in [0.29, 0.717) is 36.7 Å². The number of hydrogen-bond acceptors (Lipinski definition) is 7. The monoisotopic (exact) mass is 552 g/mol. The first-order valence-corrected chi connectivity index (χ1v) is 14.4.